The van der Waals surface area contributed by atoms with Gasteiger partial charge in [-0.1, -0.05) is 30.3 Å². The van der Waals surface area contributed by atoms with Gasteiger partial charge in [0.25, 0.3) is 0 Å². The third kappa shape index (κ3) is 7.43. The number of benzene rings is 2. The Bertz CT molecular complexity index is 1050. The van der Waals surface area contributed by atoms with Gasteiger partial charge in [-0.15, -0.1) is 0 Å². The number of amides is 1. The van der Waals surface area contributed by atoms with Gasteiger partial charge in [-0.05, 0) is 35.2 Å². The Hall–Kier alpha value is -3.72. The van der Waals surface area contributed by atoms with Crippen molar-refractivity contribution in [3.63, 3.8) is 0 Å². The fraction of sp³-hybridized carbons (Fsp3) is 0.333. The van der Waals surface area contributed by atoms with Gasteiger partial charge in [0.2, 0.25) is 5.91 Å². The smallest absolute Gasteiger partial charge is 0.226 e. The van der Waals surface area contributed by atoms with Crippen LogP contribution in [0.2, 0.25) is 0 Å². The highest BCUT2D eigenvalue weighted by Gasteiger charge is 2.11. The Kier molecular flexibility index (Phi) is 8.96. The Balaban J connectivity index is 1.78. The van der Waals surface area contributed by atoms with Crippen molar-refractivity contribution in [3.05, 3.63) is 66.2 Å². The number of guanidine groups is 1. The lowest BCUT2D eigenvalue weighted by Gasteiger charge is -2.15. The third-order valence-corrected chi connectivity index (χ3v) is 5.00. The van der Waals surface area contributed by atoms with Crippen LogP contribution in [0.4, 0.5) is 0 Å². The van der Waals surface area contributed by atoms with E-state index in [-0.39, 0.29) is 18.3 Å². The van der Waals surface area contributed by atoms with Crippen molar-refractivity contribution in [3.8, 4) is 16.9 Å². The lowest BCUT2D eigenvalue weighted by molar-refractivity contribution is -0.119. The van der Waals surface area contributed by atoms with E-state index < -0.39 is 0 Å². The second kappa shape index (κ2) is 12.4. The largest absolute Gasteiger partial charge is 0.493 e. The standard InChI is InChI=1S/C24H30N6O3/c1-26-24(25)29-23(31)10-8-18-7-9-21(22(14-18)33-12-4-11-32-2)20-6-3-5-19(13-20)15-30-17-27-16-28-30/h3,5-7,9,13-14,16-17H,4,8,10-12,15H2,1-2H3,(H3,25,26,29,31). The number of carbonyl (C=O) groups excluding carboxylic acids is 1. The summed E-state index contributed by atoms with van der Waals surface area (Å²) in [5, 5.41) is 16.8. The van der Waals surface area contributed by atoms with Crippen LogP contribution < -0.4 is 15.4 Å². The first-order chi connectivity index (χ1) is 16.1. The molecule has 0 unspecified atom stereocenters. The maximum Gasteiger partial charge on any atom is 0.226 e. The summed E-state index contributed by atoms with van der Waals surface area (Å²) in [5.41, 5.74) is 4.13. The number of methoxy groups -OCH3 is 1. The minimum atomic E-state index is -0.207. The predicted molar refractivity (Wildman–Crippen MR) is 126 cm³/mol. The van der Waals surface area contributed by atoms with Crippen LogP contribution in [0.3, 0.4) is 0 Å². The van der Waals surface area contributed by atoms with Crippen LogP contribution >= 0.6 is 0 Å². The molecule has 0 spiro atoms. The molecule has 1 heterocycles. The van der Waals surface area contributed by atoms with Crippen LogP contribution in [-0.4, -0.2) is 54.0 Å². The molecule has 0 saturated heterocycles. The number of rotatable bonds is 11. The van der Waals surface area contributed by atoms with E-state index in [4.69, 9.17) is 14.9 Å². The number of aryl methyl sites for hydroxylation is 1. The molecular formula is C24H30N6O3. The summed E-state index contributed by atoms with van der Waals surface area (Å²) in [6.07, 6.45) is 4.82. The Morgan fingerprint density at radius 3 is 2.79 bits per heavy atom. The maximum absolute atomic E-state index is 12.0. The normalized spacial score (nSPS) is 10.6. The maximum atomic E-state index is 12.0. The molecule has 1 amide bonds. The SMILES string of the molecule is CNC(=N)NC(=O)CCc1ccc(-c2cccc(Cn3cncn3)c2)c(OCCCOC)c1. The number of nitrogens with zero attached hydrogens (tertiary/aromatic N) is 3. The molecule has 0 fully saturated rings. The van der Waals surface area contributed by atoms with Gasteiger partial charge in [0, 0.05) is 39.2 Å². The summed E-state index contributed by atoms with van der Waals surface area (Å²) in [7, 11) is 3.26. The van der Waals surface area contributed by atoms with Gasteiger partial charge in [0.1, 0.15) is 18.4 Å². The highest BCUT2D eigenvalue weighted by Crippen LogP contribution is 2.32. The second-order valence-corrected chi connectivity index (χ2v) is 7.49. The fourth-order valence-electron chi connectivity index (χ4n) is 3.33. The Morgan fingerprint density at radius 1 is 1.15 bits per heavy atom. The van der Waals surface area contributed by atoms with Crippen LogP contribution in [-0.2, 0) is 22.5 Å². The van der Waals surface area contributed by atoms with E-state index in [9.17, 15) is 4.79 Å². The Labute approximate surface area is 193 Å². The number of hydrogen-bond acceptors (Lipinski definition) is 6. The molecule has 1 aromatic heterocycles. The molecular weight excluding hydrogens is 420 g/mol. The van der Waals surface area contributed by atoms with Gasteiger partial charge in [-0.3, -0.25) is 15.5 Å². The molecule has 0 aliphatic heterocycles. The molecule has 0 atom stereocenters. The minimum absolute atomic E-state index is 0.0108. The zero-order valence-electron chi connectivity index (χ0n) is 19.0. The molecule has 0 bridgehead atoms. The van der Waals surface area contributed by atoms with Crippen LogP contribution in [0.25, 0.3) is 11.1 Å². The first-order valence-electron chi connectivity index (χ1n) is 10.8. The van der Waals surface area contributed by atoms with Crippen LogP contribution in [0.1, 0.15) is 24.0 Å². The Morgan fingerprint density at radius 2 is 2.03 bits per heavy atom. The van der Waals surface area contributed by atoms with E-state index in [0.29, 0.717) is 26.2 Å². The van der Waals surface area contributed by atoms with E-state index >= 15 is 0 Å². The number of nitrogens with one attached hydrogen (secondary N) is 3. The van der Waals surface area contributed by atoms with Crippen LogP contribution in [0, 0.1) is 5.41 Å². The van der Waals surface area contributed by atoms with Crippen molar-refractivity contribution in [1.82, 2.24) is 25.4 Å². The van der Waals surface area contributed by atoms with Crippen molar-refractivity contribution in [2.24, 2.45) is 0 Å². The van der Waals surface area contributed by atoms with Crippen molar-refractivity contribution in [2.75, 3.05) is 27.4 Å². The fourth-order valence-corrected chi connectivity index (χ4v) is 3.33. The monoisotopic (exact) mass is 450 g/mol. The topological polar surface area (TPSA) is 114 Å². The quantitative estimate of drug-likeness (QED) is 0.235. The summed E-state index contributed by atoms with van der Waals surface area (Å²) in [4.78, 5) is 16.0. The van der Waals surface area contributed by atoms with Crippen molar-refractivity contribution < 1.29 is 14.3 Å². The predicted octanol–water partition coefficient (Wildman–Crippen LogP) is 2.61. The van der Waals surface area contributed by atoms with Crippen molar-refractivity contribution in [2.45, 2.75) is 25.8 Å². The van der Waals surface area contributed by atoms with Gasteiger partial charge in [0.15, 0.2) is 5.96 Å². The number of hydrogen-bond donors (Lipinski definition) is 3. The molecule has 0 aliphatic rings. The molecule has 3 N–H and O–H groups in total. The van der Waals surface area contributed by atoms with E-state index in [2.05, 4.69) is 38.9 Å². The third-order valence-electron chi connectivity index (χ3n) is 5.00. The zero-order chi connectivity index (χ0) is 23.5. The van der Waals surface area contributed by atoms with Gasteiger partial charge in [0.05, 0.1) is 13.2 Å². The molecule has 0 aliphatic carbocycles. The van der Waals surface area contributed by atoms with E-state index in [1.54, 1.807) is 25.2 Å². The first-order valence-corrected chi connectivity index (χ1v) is 10.8. The highest BCUT2D eigenvalue weighted by atomic mass is 16.5. The summed E-state index contributed by atoms with van der Waals surface area (Å²) in [6.45, 7) is 1.79. The molecule has 0 radical (unpaired) electrons. The van der Waals surface area contributed by atoms with E-state index in [1.165, 1.54) is 6.33 Å². The summed E-state index contributed by atoms with van der Waals surface area (Å²) in [6, 6.07) is 14.3. The van der Waals surface area contributed by atoms with Gasteiger partial charge < -0.3 is 14.8 Å². The van der Waals surface area contributed by atoms with Gasteiger partial charge in [-0.2, -0.15) is 5.10 Å². The molecule has 33 heavy (non-hydrogen) atoms. The van der Waals surface area contributed by atoms with Gasteiger partial charge >= 0.3 is 0 Å². The number of aromatic nitrogens is 3. The molecule has 3 aromatic rings. The minimum Gasteiger partial charge on any atom is -0.493 e. The number of ether oxygens (including phenoxy) is 2. The number of carbonyl (C=O) groups is 1. The van der Waals surface area contributed by atoms with Crippen LogP contribution in [0.5, 0.6) is 5.75 Å². The van der Waals surface area contributed by atoms with Crippen LogP contribution in [0.15, 0.2) is 55.1 Å². The zero-order valence-corrected chi connectivity index (χ0v) is 19.0. The first kappa shape index (κ1) is 23.9. The highest BCUT2D eigenvalue weighted by molar-refractivity contribution is 5.95. The molecule has 9 heteroatoms. The van der Waals surface area contributed by atoms with E-state index in [0.717, 1.165) is 34.4 Å². The van der Waals surface area contributed by atoms with E-state index in [1.807, 2.05) is 24.3 Å². The lowest BCUT2D eigenvalue weighted by atomic mass is 9.99. The molecule has 174 valence electrons. The average Bonchev–Trinajstić information content (AvgIpc) is 3.33. The lowest BCUT2D eigenvalue weighted by Crippen LogP contribution is -2.38. The average molecular weight is 451 g/mol. The summed E-state index contributed by atoms with van der Waals surface area (Å²) < 4.78 is 13.0. The molecule has 0 saturated carbocycles. The van der Waals surface area contributed by atoms with Gasteiger partial charge in [-0.25, -0.2) is 9.67 Å². The molecule has 3 rings (SSSR count). The summed E-state index contributed by atoms with van der Waals surface area (Å²) in [5.74, 6) is 0.551. The molecule has 2 aromatic carbocycles. The van der Waals surface area contributed by atoms with Crippen molar-refractivity contribution in [1.29, 1.82) is 5.41 Å². The molecule has 9 nitrogen and oxygen atoms in total. The second-order valence-electron chi connectivity index (χ2n) is 7.49. The van der Waals surface area contributed by atoms with Crippen molar-refractivity contribution >= 4 is 11.9 Å². The summed E-state index contributed by atoms with van der Waals surface area (Å²) >= 11 is 0.